The summed E-state index contributed by atoms with van der Waals surface area (Å²) < 4.78 is 2.17. The van der Waals surface area contributed by atoms with Gasteiger partial charge in [0.15, 0.2) is 11.9 Å². The van der Waals surface area contributed by atoms with Gasteiger partial charge >= 0.3 is 0 Å². The molecule has 0 saturated carbocycles. The lowest BCUT2D eigenvalue weighted by Crippen LogP contribution is -3.12. The van der Waals surface area contributed by atoms with E-state index < -0.39 is 0 Å². The van der Waals surface area contributed by atoms with Gasteiger partial charge in [0, 0.05) is 45.5 Å². The number of nitrogen functional groups attached to an aromatic ring is 1. The molecule has 7 nitrogen and oxygen atoms in total. The maximum absolute atomic E-state index is 6.76. The average molecular weight is 595 g/mol. The van der Waals surface area contributed by atoms with Gasteiger partial charge in [-0.25, -0.2) is 4.98 Å². The number of aromatic nitrogens is 5. The fraction of sp³-hybridized carbons (Fsp3) is 0.400. The molecule has 6 N–H and O–H groups in total. The summed E-state index contributed by atoms with van der Waals surface area (Å²) in [7, 11) is 0. The van der Waals surface area contributed by atoms with Crippen LogP contribution in [0, 0.1) is 5.92 Å². The third kappa shape index (κ3) is 5.23. The summed E-state index contributed by atoms with van der Waals surface area (Å²) in [4.78, 5) is 8.98. The number of halogens is 1. The molecule has 43 heavy (non-hydrogen) atoms. The summed E-state index contributed by atoms with van der Waals surface area (Å²) in [5.74, 6) is 1.11. The lowest BCUT2D eigenvalue weighted by Gasteiger charge is -2.34. The van der Waals surface area contributed by atoms with Crippen LogP contribution in [0.1, 0.15) is 66.2 Å². The van der Waals surface area contributed by atoms with Crippen molar-refractivity contribution in [2.75, 3.05) is 18.8 Å². The van der Waals surface area contributed by atoms with Gasteiger partial charge < -0.3 is 15.6 Å². The first-order valence-corrected chi connectivity index (χ1v) is 16.4. The first-order chi connectivity index (χ1) is 21.1. The van der Waals surface area contributed by atoms with Crippen molar-refractivity contribution in [3.63, 3.8) is 0 Å². The Morgan fingerprint density at radius 1 is 1.09 bits per heavy atom. The number of aryl methyl sites for hydroxylation is 1. The molecule has 8 heteroatoms. The van der Waals surface area contributed by atoms with Crippen LogP contribution in [0.4, 0.5) is 5.69 Å². The lowest BCUT2D eigenvalue weighted by molar-refractivity contribution is -0.916. The van der Waals surface area contributed by atoms with E-state index >= 15 is 0 Å². The second kappa shape index (κ2) is 11.1. The minimum Gasteiger partial charge on any atom is -0.398 e. The molecule has 0 saturated heterocycles. The number of benzene rings is 2. The number of unbranched alkanes of at least 4 members (excludes halogenated alkanes) is 1. The molecule has 3 aliphatic rings. The summed E-state index contributed by atoms with van der Waals surface area (Å²) in [5.41, 5.74) is 18.4. The van der Waals surface area contributed by atoms with Gasteiger partial charge in [0.2, 0.25) is 11.2 Å². The van der Waals surface area contributed by atoms with Crippen LogP contribution in [0.3, 0.4) is 0 Å². The molecule has 220 valence electrons. The molecule has 0 radical (unpaired) electrons. The number of hydrogen-bond acceptors (Lipinski definition) is 2. The minimum atomic E-state index is 0.513. The van der Waals surface area contributed by atoms with E-state index in [1.54, 1.807) is 10.5 Å². The molecule has 0 fully saturated rings. The van der Waals surface area contributed by atoms with Crippen LogP contribution in [0.15, 0.2) is 60.3 Å². The van der Waals surface area contributed by atoms with Crippen LogP contribution >= 0.6 is 11.6 Å². The maximum atomic E-state index is 6.76. The van der Waals surface area contributed by atoms with Crippen molar-refractivity contribution in [1.29, 1.82) is 0 Å². The Labute approximate surface area is 257 Å². The zero-order valence-electron chi connectivity index (χ0n) is 24.7. The SMILES string of the molecule is Nc1c2c([nH+]c3cc(Cl)ccc13)CC1C=C(CCCC[n+]3cc(CC[NH+]4CCc5c([nH]c6ccccc56)C4)n[nH]3)CC2C1. The van der Waals surface area contributed by atoms with E-state index in [1.807, 2.05) is 12.1 Å². The summed E-state index contributed by atoms with van der Waals surface area (Å²) in [5, 5.41) is 11.1. The number of nitrogens with two attached hydrogens (primary N) is 1. The number of para-hydroxylation sites is 1. The number of H-pyrrole nitrogens is 3. The summed E-state index contributed by atoms with van der Waals surface area (Å²) in [6, 6.07) is 14.7. The van der Waals surface area contributed by atoms with Crippen molar-refractivity contribution in [3.8, 4) is 0 Å². The van der Waals surface area contributed by atoms with Gasteiger partial charge in [0.05, 0.1) is 36.3 Å². The Morgan fingerprint density at radius 2 is 2.02 bits per heavy atom. The normalized spacial score (nSPS) is 21.1. The summed E-state index contributed by atoms with van der Waals surface area (Å²) in [6.07, 6.45) is 13.8. The van der Waals surface area contributed by atoms with Crippen molar-refractivity contribution in [1.82, 2.24) is 15.3 Å². The molecular formula is C35H41ClN7+3. The highest BCUT2D eigenvalue weighted by molar-refractivity contribution is 6.31. The number of rotatable bonds is 8. The van der Waals surface area contributed by atoms with E-state index in [0.717, 1.165) is 73.4 Å². The summed E-state index contributed by atoms with van der Waals surface area (Å²) in [6.45, 7) is 4.37. The topological polar surface area (TPSA) is 92.9 Å². The van der Waals surface area contributed by atoms with E-state index in [9.17, 15) is 0 Å². The van der Waals surface area contributed by atoms with Gasteiger partial charge in [-0.15, -0.1) is 0 Å². The monoisotopic (exact) mass is 594 g/mol. The van der Waals surface area contributed by atoms with Gasteiger partial charge in [0.1, 0.15) is 13.1 Å². The number of aromatic amines is 3. The molecule has 3 aromatic heterocycles. The van der Waals surface area contributed by atoms with Crippen LogP contribution in [0.25, 0.3) is 21.8 Å². The van der Waals surface area contributed by atoms with E-state index in [-0.39, 0.29) is 0 Å². The largest absolute Gasteiger partial charge is 0.398 e. The summed E-state index contributed by atoms with van der Waals surface area (Å²) >= 11 is 6.26. The zero-order chi connectivity index (χ0) is 28.9. The number of pyridine rings is 1. The van der Waals surface area contributed by atoms with E-state index in [1.165, 1.54) is 64.9 Å². The molecule has 8 rings (SSSR count). The number of allylic oxidation sites excluding steroid dienone is 2. The van der Waals surface area contributed by atoms with Crippen molar-refractivity contribution in [2.45, 2.75) is 70.4 Å². The molecule has 3 unspecified atom stereocenters. The zero-order valence-corrected chi connectivity index (χ0v) is 25.4. The number of anilines is 1. The van der Waals surface area contributed by atoms with Gasteiger partial charge in [0.25, 0.3) is 0 Å². The molecule has 2 bridgehead atoms. The number of quaternary nitrogens is 1. The Balaban J connectivity index is 0.824. The van der Waals surface area contributed by atoms with Crippen LogP contribution in [0.2, 0.25) is 5.02 Å². The minimum absolute atomic E-state index is 0.513. The number of nitrogens with zero attached hydrogens (tertiary/aromatic N) is 2. The average Bonchev–Trinajstić information content (AvgIpc) is 3.61. The quantitative estimate of drug-likeness (QED) is 0.122. The molecule has 2 aliphatic carbocycles. The highest BCUT2D eigenvalue weighted by atomic mass is 35.5. The Hall–Kier alpha value is -3.68. The van der Waals surface area contributed by atoms with Gasteiger partial charge in [-0.05, 0) is 67.7 Å². The fourth-order valence-corrected chi connectivity index (χ4v) is 8.32. The van der Waals surface area contributed by atoms with Crippen LogP contribution < -0.4 is 20.3 Å². The predicted molar refractivity (Wildman–Crippen MR) is 170 cm³/mol. The third-order valence-corrected chi connectivity index (χ3v) is 10.4. The maximum Gasteiger partial charge on any atom is 0.224 e. The first-order valence-electron chi connectivity index (χ1n) is 16.1. The van der Waals surface area contributed by atoms with Gasteiger partial charge in [-0.1, -0.05) is 46.7 Å². The second-order valence-corrected chi connectivity index (χ2v) is 13.5. The van der Waals surface area contributed by atoms with Gasteiger partial charge in [-0.3, -0.25) is 0 Å². The highest BCUT2D eigenvalue weighted by Crippen LogP contribution is 2.46. The molecule has 0 spiro atoms. The van der Waals surface area contributed by atoms with Crippen LogP contribution in [-0.4, -0.2) is 28.4 Å². The van der Waals surface area contributed by atoms with E-state index in [2.05, 4.69) is 67.6 Å². The number of hydrogen-bond donors (Lipinski definition) is 4. The molecule has 0 amide bonds. The smallest absolute Gasteiger partial charge is 0.224 e. The van der Waals surface area contributed by atoms with Crippen molar-refractivity contribution in [2.24, 2.45) is 5.92 Å². The van der Waals surface area contributed by atoms with Gasteiger partial charge in [-0.2, -0.15) is 4.68 Å². The third-order valence-electron chi connectivity index (χ3n) is 10.2. The predicted octanol–water partition coefficient (Wildman–Crippen LogP) is 4.41. The number of nitrogens with one attached hydrogen (secondary N) is 4. The van der Waals surface area contributed by atoms with Crippen LogP contribution in [0.5, 0.6) is 0 Å². The fourth-order valence-electron chi connectivity index (χ4n) is 8.15. The highest BCUT2D eigenvalue weighted by Gasteiger charge is 2.36. The van der Waals surface area contributed by atoms with E-state index in [0.29, 0.717) is 11.8 Å². The molecule has 1 aliphatic heterocycles. The first kappa shape index (κ1) is 26.9. The Morgan fingerprint density at radius 3 is 2.98 bits per heavy atom. The Kier molecular flexibility index (Phi) is 6.95. The van der Waals surface area contributed by atoms with Crippen LogP contribution in [-0.2, 0) is 32.4 Å². The lowest BCUT2D eigenvalue weighted by atomic mass is 9.70. The van der Waals surface area contributed by atoms with E-state index in [4.69, 9.17) is 17.3 Å². The standard InChI is InChI=1S/C35H38ClN7/c36-25-8-9-29-31(19-25)39-32-18-23-15-22(16-24(17-23)34(32)35(29)37)5-3-4-12-43-20-26(40-41-43)10-13-42-14-11-28-27-6-1-2-7-30(27)38-33(28)21-42/h1-2,6-9,15,19-20,23-24,38H,3-5,10-14,16-18,21H2,(H2,37,39)/p+3. The van der Waals surface area contributed by atoms with Crippen molar-refractivity contribution in [3.05, 3.63) is 93.5 Å². The molecule has 2 aromatic carbocycles. The molecule has 4 heterocycles. The Bertz CT molecular complexity index is 1850. The number of fused-ring (bicyclic) bond motifs is 8. The van der Waals surface area contributed by atoms with Crippen molar-refractivity contribution >= 4 is 39.1 Å². The molecule has 3 atom stereocenters. The van der Waals surface area contributed by atoms with Crippen molar-refractivity contribution < 1.29 is 14.6 Å². The molecule has 5 aromatic rings. The second-order valence-electron chi connectivity index (χ2n) is 13.1. The molecular weight excluding hydrogens is 554 g/mol.